The van der Waals surface area contributed by atoms with E-state index >= 15 is 0 Å². The van der Waals surface area contributed by atoms with Gasteiger partial charge in [-0.1, -0.05) is 0 Å². The van der Waals surface area contributed by atoms with Crippen LogP contribution in [0.1, 0.15) is 24.5 Å². The van der Waals surface area contributed by atoms with Crippen LogP contribution in [0.25, 0.3) is 0 Å². The second-order valence-electron chi connectivity index (χ2n) is 2.66. The van der Waals surface area contributed by atoms with Gasteiger partial charge in [0.2, 0.25) is 0 Å². The van der Waals surface area contributed by atoms with Gasteiger partial charge < -0.3 is 5.73 Å². The van der Waals surface area contributed by atoms with Gasteiger partial charge in [-0.05, 0) is 25.0 Å². The second-order valence-corrected chi connectivity index (χ2v) is 2.66. The predicted octanol–water partition coefficient (Wildman–Crippen LogP) is 1.36. The van der Waals surface area contributed by atoms with Gasteiger partial charge >= 0.3 is 0 Å². The molecule has 0 radical (unpaired) electrons. The Bertz CT molecular complexity index is 230. The first-order valence-corrected chi connectivity index (χ1v) is 3.45. The van der Waals surface area contributed by atoms with E-state index in [2.05, 4.69) is 10.2 Å². The van der Waals surface area contributed by atoms with Crippen LogP contribution in [0.15, 0.2) is 12.1 Å². The number of hydrogen-bond acceptors (Lipinski definition) is 3. The molecule has 11 heavy (non-hydrogen) atoms. The molecule has 0 aliphatic heterocycles. The van der Waals surface area contributed by atoms with Crippen molar-refractivity contribution in [2.45, 2.75) is 18.8 Å². The highest BCUT2D eigenvalue weighted by Crippen LogP contribution is 2.38. The normalized spacial score (nSPS) is 15.6. The Kier molecular flexibility index (Phi) is 2.29. The Morgan fingerprint density at radius 2 is 2.00 bits per heavy atom. The summed E-state index contributed by atoms with van der Waals surface area (Å²) in [6.07, 6.45) is 2.52. The maximum Gasteiger partial charge on any atom is 0.146 e. The van der Waals surface area contributed by atoms with E-state index in [-0.39, 0.29) is 12.4 Å². The van der Waals surface area contributed by atoms with Gasteiger partial charge in [0.05, 0.1) is 5.69 Å². The van der Waals surface area contributed by atoms with Crippen molar-refractivity contribution in [2.75, 3.05) is 5.73 Å². The van der Waals surface area contributed by atoms with E-state index in [0.29, 0.717) is 11.7 Å². The first kappa shape index (κ1) is 8.27. The molecule has 0 bridgehead atoms. The highest BCUT2D eigenvalue weighted by atomic mass is 35.5. The van der Waals surface area contributed by atoms with Gasteiger partial charge in [-0.3, -0.25) is 0 Å². The van der Waals surface area contributed by atoms with Gasteiger partial charge in [0.1, 0.15) is 5.82 Å². The van der Waals surface area contributed by atoms with Gasteiger partial charge in [0.15, 0.2) is 0 Å². The molecule has 1 aromatic heterocycles. The lowest BCUT2D eigenvalue weighted by Gasteiger charge is -1.93. The minimum absolute atomic E-state index is 0. The van der Waals surface area contributed by atoms with E-state index in [1.165, 1.54) is 12.8 Å². The molecule has 2 N–H and O–H groups in total. The minimum Gasteiger partial charge on any atom is -0.382 e. The summed E-state index contributed by atoms with van der Waals surface area (Å²) in [5, 5.41) is 7.73. The zero-order chi connectivity index (χ0) is 6.97. The monoisotopic (exact) mass is 171 g/mol. The average molecular weight is 172 g/mol. The largest absolute Gasteiger partial charge is 0.382 e. The molecule has 0 amide bonds. The summed E-state index contributed by atoms with van der Waals surface area (Å²) in [6, 6.07) is 3.76. The van der Waals surface area contributed by atoms with E-state index in [4.69, 9.17) is 5.73 Å². The third-order valence-corrected chi connectivity index (χ3v) is 1.70. The van der Waals surface area contributed by atoms with Crippen LogP contribution in [0.2, 0.25) is 0 Å². The van der Waals surface area contributed by atoms with E-state index < -0.39 is 0 Å². The van der Waals surface area contributed by atoms with Crippen LogP contribution in [0.4, 0.5) is 5.82 Å². The van der Waals surface area contributed by atoms with Gasteiger partial charge in [-0.15, -0.1) is 17.5 Å². The van der Waals surface area contributed by atoms with Gasteiger partial charge in [0, 0.05) is 5.92 Å². The molecule has 1 heterocycles. The highest BCUT2D eigenvalue weighted by Gasteiger charge is 2.24. The highest BCUT2D eigenvalue weighted by molar-refractivity contribution is 5.85. The molecule has 0 aromatic carbocycles. The Morgan fingerprint density at radius 3 is 2.45 bits per heavy atom. The summed E-state index contributed by atoms with van der Waals surface area (Å²) >= 11 is 0. The molecule has 3 nitrogen and oxygen atoms in total. The molecule has 1 aliphatic carbocycles. The SMILES string of the molecule is Cl.Nc1ccc(C2CC2)nn1. The molecule has 0 unspecified atom stereocenters. The Balaban J connectivity index is 0.000000605. The zero-order valence-electron chi connectivity index (χ0n) is 6.03. The first-order valence-electron chi connectivity index (χ1n) is 3.45. The Morgan fingerprint density at radius 1 is 1.27 bits per heavy atom. The minimum atomic E-state index is 0. The average Bonchev–Trinajstić information content (AvgIpc) is 2.71. The smallest absolute Gasteiger partial charge is 0.146 e. The number of nitrogen functional groups attached to an aromatic ring is 1. The summed E-state index contributed by atoms with van der Waals surface area (Å²) in [5.41, 5.74) is 6.47. The number of halogens is 1. The standard InChI is InChI=1S/C7H9N3.ClH/c8-7-4-3-6(9-10-7)5-1-2-5;/h3-5H,1-2H2,(H2,8,10);1H. The number of hydrogen-bond donors (Lipinski definition) is 1. The van der Waals surface area contributed by atoms with Crippen molar-refractivity contribution in [1.29, 1.82) is 0 Å². The van der Waals surface area contributed by atoms with Crippen LogP contribution in [0.5, 0.6) is 0 Å². The fourth-order valence-electron chi connectivity index (χ4n) is 0.950. The molecule has 0 saturated heterocycles. The number of nitrogens with two attached hydrogens (primary N) is 1. The molecule has 1 saturated carbocycles. The van der Waals surface area contributed by atoms with Gasteiger partial charge in [-0.2, -0.15) is 5.10 Å². The number of aromatic nitrogens is 2. The molecular weight excluding hydrogens is 162 g/mol. The number of nitrogens with zero attached hydrogens (tertiary/aromatic N) is 2. The summed E-state index contributed by atoms with van der Waals surface area (Å²) < 4.78 is 0. The quantitative estimate of drug-likeness (QED) is 0.694. The van der Waals surface area contributed by atoms with Gasteiger partial charge in [0.25, 0.3) is 0 Å². The lowest BCUT2D eigenvalue weighted by atomic mass is 10.3. The molecule has 2 rings (SSSR count). The molecule has 1 aromatic rings. The van der Waals surface area contributed by atoms with Crippen LogP contribution < -0.4 is 5.73 Å². The third-order valence-electron chi connectivity index (χ3n) is 1.70. The summed E-state index contributed by atoms with van der Waals surface area (Å²) in [5.74, 6) is 1.18. The fraction of sp³-hybridized carbons (Fsp3) is 0.429. The van der Waals surface area contributed by atoms with Crippen molar-refractivity contribution in [3.8, 4) is 0 Å². The van der Waals surface area contributed by atoms with E-state index in [1.54, 1.807) is 6.07 Å². The topological polar surface area (TPSA) is 51.8 Å². The van der Waals surface area contributed by atoms with Crippen molar-refractivity contribution in [2.24, 2.45) is 0 Å². The fourth-order valence-corrected chi connectivity index (χ4v) is 0.950. The van der Waals surface area contributed by atoms with E-state index in [1.807, 2.05) is 6.07 Å². The maximum absolute atomic E-state index is 5.37. The van der Waals surface area contributed by atoms with Crippen LogP contribution in [0, 0.1) is 0 Å². The Labute approximate surface area is 71.4 Å². The summed E-state index contributed by atoms with van der Waals surface area (Å²) in [6.45, 7) is 0. The van der Waals surface area contributed by atoms with E-state index in [9.17, 15) is 0 Å². The van der Waals surface area contributed by atoms with E-state index in [0.717, 1.165) is 5.69 Å². The molecule has 0 spiro atoms. The molecular formula is C7H10ClN3. The second kappa shape index (κ2) is 3.05. The molecule has 60 valence electrons. The molecule has 4 heteroatoms. The zero-order valence-corrected chi connectivity index (χ0v) is 6.84. The molecule has 1 fully saturated rings. The Hall–Kier alpha value is -0.830. The van der Waals surface area contributed by atoms with Crippen molar-refractivity contribution in [1.82, 2.24) is 10.2 Å². The molecule has 0 atom stereocenters. The first-order chi connectivity index (χ1) is 4.86. The number of rotatable bonds is 1. The predicted molar refractivity (Wildman–Crippen MR) is 45.7 cm³/mol. The summed E-state index contributed by atoms with van der Waals surface area (Å²) in [4.78, 5) is 0. The van der Waals surface area contributed by atoms with Gasteiger partial charge in [-0.25, -0.2) is 0 Å². The lowest BCUT2D eigenvalue weighted by molar-refractivity contribution is 0.917. The van der Waals surface area contributed by atoms with Crippen molar-refractivity contribution < 1.29 is 0 Å². The molecule has 1 aliphatic rings. The van der Waals surface area contributed by atoms with Crippen LogP contribution in [0.3, 0.4) is 0 Å². The van der Waals surface area contributed by atoms with Crippen LogP contribution in [-0.2, 0) is 0 Å². The number of anilines is 1. The van der Waals surface area contributed by atoms with Crippen molar-refractivity contribution in [3.63, 3.8) is 0 Å². The lowest BCUT2D eigenvalue weighted by Crippen LogP contribution is -1.94. The van der Waals surface area contributed by atoms with Crippen molar-refractivity contribution in [3.05, 3.63) is 17.8 Å². The van der Waals surface area contributed by atoms with Crippen LogP contribution in [-0.4, -0.2) is 10.2 Å². The van der Waals surface area contributed by atoms with Crippen LogP contribution >= 0.6 is 12.4 Å². The maximum atomic E-state index is 5.37. The summed E-state index contributed by atoms with van der Waals surface area (Å²) in [7, 11) is 0. The third kappa shape index (κ3) is 1.80. The van der Waals surface area contributed by atoms with Crippen molar-refractivity contribution >= 4 is 18.2 Å².